The topological polar surface area (TPSA) is 64.9 Å². The third kappa shape index (κ3) is 2.18. The van der Waals surface area contributed by atoms with Gasteiger partial charge in [-0.2, -0.15) is 0 Å². The highest BCUT2D eigenvalue weighted by atomic mass is 35.5. The largest absolute Gasteiger partial charge is 0.416 e. The van der Waals surface area contributed by atoms with Gasteiger partial charge in [0, 0.05) is 5.56 Å². The van der Waals surface area contributed by atoms with Crippen LogP contribution in [-0.4, -0.2) is 10.2 Å². The van der Waals surface area contributed by atoms with Crippen molar-refractivity contribution < 1.29 is 4.42 Å². The van der Waals surface area contributed by atoms with E-state index in [1.807, 2.05) is 30.3 Å². The van der Waals surface area contributed by atoms with E-state index in [9.17, 15) is 0 Å². The number of halogens is 1. The van der Waals surface area contributed by atoms with Crippen molar-refractivity contribution in [2.45, 2.75) is 0 Å². The number of benzene rings is 2. The highest BCUT2D eigenvalue weighted by Gasteiger charge is 2.13. The number of rotatable bonds is 2. The van der Waals surface area contributed by atoms with Crippen LogP contribution in [0.5, 0.6) is 0 Å². The van der Waals surface area contributed by atoms with Crippen molar-refractivity contribution in [1.82, 2.24) is 10.2 Å². The van der Waals surface area contributed by atoms with E-state index in [0.717, 1.165) is 5.56 Å². The van der Waals surface area contributed by atoms with Gasteiger partial charge in [0.2, 0.25) is 11.8 Å². The molecule has 3 rings (SSSR count). The summed E-state index contributed by atoms with van der Waals surface area (Å²) in [6.45, 7) is 0. The molecule has 0 bridgehead atoms. The minimum atomic E-state index is 0.360. The fourth-order valence-corrected chi connectivity index (χ4v) is 1.93. The van der Waals surface area contributed by atoms with Gasteiger partial charge in [-0.1, -0.05) is 35.9 Å². The van der Waals surface area contributed by atoms with E-state index in [4.69, 9.17) is 21.8 Å². The number of aromatic nitrogens is 2. The van der Waals surface area contributed by atoms with Crippen molar-refractivity contribution in [3.63, 3.8) is 0 Å². The zero-order valence-corrected chi connectivity index (χ0v) is 10.6. The first-order valence-corrected chi connectivity index (χ1v) is 6.07. The summed E-state index contributed by atoms with van der Waals surface area (Å²) < 4.78 is 5.63. The van der Waals surface area contributed by atoms with Gasteiger partial charge >= 0.3 is 0 Å². The molecule has 0 aliphatic heterocycles. The van der Waals surface area contributed by atoms with Gasteiger partial charge in [-0.05, 0) is 24.3 Å². The molecule has 94 valence electrons. The maximum absolute atomic E-state index is 5.97. The van der Waals surface area contributed by atoms with E-state index in [0.29, 0.717) is 28.1 Å². The number of hydrogen-bond acceptors (Lipinski definition) is 4. The van der Waals surface area contributed by atoms with Crippen LogP contribution in [0.3, 0.4) is 0 Å². The van der Waals surface area contributed by atoms with Gasteiger partial charge in [0.05, 0.1) is 16.3 Å². The molecule has 0 atom stereocenters. The molecule has 1 heterocycles. The van der Waals surface area contributed by atoms with Gasteiger partial charge in [0.15, 0.2) is 0 Å². The minimum absolute atomic E-state index is 0.360. The summed E-state index contributed by atoms with van der Waals surface area (Å²) in [6.07, 6.45) is 0. The second-order valence-electron chi connectivity index (χ2n) is 3.98. The Morgan fingerprint density at radius 1 is 0.895 bits per heavy atom. The maximum atomic E-state index is 5.97. The maximum Gasteiger partial charge on any atom is 0.250 e. The third-order valence-electron chi connectivity index (χ3n) is 2.73. The molecule has 0 saturated carbocycles. The smallest absolute Gasteiger partial charge is 0.250 e. The predicted molar refractivity (Wildman–Crippen MR) is 74.6 cm³/mol. The van der Waals surface area contributed by atoms with Crippen molar-refractivity contribution >= 4 is 17.3 Å². The molecule has 2 N–H and O–H groups in total. The van der Waals surface area contributed by atoms with E-state index in [2.05, 4.69) is 10.2 Å². The Morgan fingerprint density at radius 2 is 1.63 bits per heavy atom. The number of anilines is 1. The van der Waals surface area contributed by atoms with Gasteiger partial charge in [-0.25, -0.2) is 0 Å². The van der Waals surface area contributed by atoms with Crippen LogP contribution in [0.25, 0.3) is 22.9 Å². The number of nitrogens with zero attached hydrogens (tertiary/aromatic N) is 2. The van der Waals surface area contributed by atoms with Crippen LogP contribution < -0.4 is 5.73 Å². The SMILES string of the molecule is Nc1c(Cl)cccc1-c1nnc(-c2ccccc2)o1. The summed E-state index contributed by atoms with van der Waals surface area (Å²) in [5, 5.41) is 8.50. The summed E-state index contributed by atoms with van der Waals surface area (Å²) in [7, 11) is 0. The molecule has 0 unspecified atom stereocenters. The fourth-order valence-electron chi connectivity index (χ4n) is 1.75. The molecular weight excluding hydrogens is 262 g/mol. The van der Waals surface area contributed by atoms with Gasteiger partial charge in [-0.15, -0.1) is 10.2 Å². The number of nitrogens with two attached hydrogens (primary N) is 1. The van der Waals surface area contributed by atoms with Gasteiger partial charge in [-0.3, -0.25) is 0 Å². The zero-order valence-electron chi connectivity index (χ0n) is 9.88. The second kappa shape index (κ2) is 4.74. The summed E-state index contributed by atoms with van der Waals surface area (Å²) in [5.74, 6) is 0.814. The lowest BCUT2D eigenvalue weighted by atomic mass is 10.2. The normalized spacial score (nSPS) is 10.6. The summed E-state index contributed by atoms with van der Waals surface area (Å²) in [6, 6.07) is 14.9. The molecule has 5 heteroatoms. The van der Waals surface area contributed by atoms with Gasteiger partial charge in [0.1, 0.15) is 0 Å². The van der Waals surface area contributed by atoms with Gasteiger partial charge in [0.25, 0.3) is 0 Å². The Bertz CT molecular complexity index is 710. The quantitative estimate of drug-likeness (QED) is 0.723. The Morgan fingerprint density at radius 3 is 2.42 bits per heavy atom. The summed E-state index contributed by atoms with van der Waals surface area (Å²) in [4.78, 5) is 0. The molecule has 1 aromatic heterocycles. The molecule has 19 heavy (non-hydrogen) atoms. The van der Waals surface area contributed by atoms with Crippen molar-refractivity contribution in [2.75, 3.05) is 5.73 Å². The number of para-hydroxylation sites is 1. The zero-order chi connectivity index (χ0) is 13.2. The fraction of sp³-hybridized carbons (Fsp3) is 0. The molecular formula is C14H10ClN3O. The lowest BCUT2D eigenvalue weighted by Gasteiger charge is -2.01. The first-order valence-electron chi connectivity index (χ1n) is 5.69. The Labute approximate surface area is 114 Å². The van der Waals surface area contributed by atoms with Crippen LogP contribution in [0.4, 0.5) is 5.69 Å². The average molecular weight is 272 g/mol. The Kier molecular flexibility index (Phi) is 2.93. The van der Waals surface area contributed by atoms with Crippen molar-refractivity contribution in [3.05, 3.63) is 53.6 Å². The molecule has 0 radical (unpaired) electrons. The third-order valence-corrected chi connectivity index (χ3v) is 3.06. The van der Waals surface area contributed by atoms with E-state index in [-0.39, 0.29) is 0 Å². The number of nitrogen functional groups attached to an aromatic ring is 1. The molecule has 0 amide bonds. The van der Waals surface area contributed by atoms with E-state index >= 15 is 0 Å². The Hall–Kier alpha value is -2.33. The highest BCUT2D eigenvalue weighted by Crippen LogP contribution is 2.31. The summed E-state index contributed by atoms with van der Waals surface area (Å²) in [5.41, 5.74) is 7.84. The number of hydrogen-bond donors (Lipinski definition) is 1. The van der Waals surface area contributed by atoms with E-state index in [1.165, 1.54) is 0 Å². The molecule has 0 fully saturated rings. The monoisotopic (exact) mass is 271 g/mol. The average Bonchev–Trinajstić information content (AvgIpc) is 2.92. The molecule has 0 aliphatic rings. The van der Waals surface area contributed by atoms with Crippen LogP contribution in [0, 0.1) is 0 Å². The lowest BCUT2D eigenvalue weighted by Crippen LogP contribution is -1.91. The van der Waals surface area contributed by atoms with Crippen LogP contribution in [0.15, 0.2) is 52.9 Å². The van der Waals surface area contributed by atoms with Crippen molar-refractivity contribution in [2.24, 2.45) is 0 Å². The molecule has 3 aromatic rings. The molecule has 4 nitrogen and oxygen atoms in total. The molecule has 0 spiro atoms. The van der Waals surface area contributed by atoms with Crippen LogP contribution in [0.1, 0.15) is 0 Å². The summed E-state index contributed by atoms with van der Waals surface area (Å²) >= 11 is 5.97. The van der Waals surface area contributed by atoms with E-state index in [1.54, 1.807) is 18.2 Å². The predicted octanol–water partition coefficient (Wildman–Crippen LogP) is 3.64. The first-order chi connectivity index (χ1) is 9.25. The van der Waals surface area contributed by atoms with Crippen molar-refractivity contribution in [1.29, 1.82) is 0 Å². The standard InChI is InChI=1S/C14H10ClN3O/c15-11-8-4-7-10(12(11)16)14-18-17-13(19-14)9-5-2-1-3-6-9/h1-8H,16H2. The second-order valence-corrected chi connectivity index (χ2v) is 4.39. The van der Waals surface area contributed by atoms with E-state index < -0.39 is 0 Å². The van der Waals surface area contributed by atoms with Crippen LogP contribution >= 0.6 is 11.6 Å². The van der Waals surface area contributed by atoms with Gasteiger partial charge < -0.3 is 10.2 Å². The molecule has 0 aliphatic carbocycles. The lowest BCUT2D eigenvalue weighted by molar-refractivity contribution is 0.585. The van der Waals surface area contributed by atoms with Crippen LogP contribution in [0.2, 0.25) is 5.02 Å². The molecule has 2 aromatic carbocycles. The minimum Gasteiger partial charge on any atom is -0.416 e. The van der Waals surface area contributed by atoms with Crippen LogP contribution in [-0.2, 0) is 0 Å². The first kappa shape index (κ1) is 11.7. The highest BCUT2D eigenvalue weighted by molar-refractivity contribution is 6.33. The Balaban J connectivity index is 2.05. The van der Waals surface area contributed by atoms with Crippen molar-refractivity contribution in [3.8, 4) is 22.9 Å². The molecule has 0 saturated heterocycles.